The zero-order chi connectivity index (χ0) is 25.3. The quantitative estimate of drug-likeness (QED) is 0.291. The summed E-state index contributed by atoms with van der Waals surface area (Å²) in [5.74, 6) is -0.0671. The second kappa shape index (κ2) is 9.41. The van der Waals surface area contributed by atoms with Crippen molar-refractivity contribution in [2.45, 2.75) is 39.0 Å². The summed E-state index contributed by atoms with van der Waals surface area (Å²) in [6.07, 6.45) is 2.45. The third-order valence-corrected chi connectivity index (χ3v) is 6.20. The monoisotopic (exact) mass is 473 g/mol. The summed E-state index contributed by atoms with van der Waals surface area (Å²) in [7, 11) is 3.31. The van der Waals surface area contributed by atoms with Gasteiger partial charge in [0.05, 0.1) is 30.3 Å². The van der Waals surface area contributed by atoms with Crippen molar-refractivity contribution < 1.29 is 18.7 Å². The molecule has 0 saturated carbocycles. The largest absolute Gasteiger partial charge is 0.481 e. The van der Waals surface area contributed by atoms with Crippen molar-refractivity contribution in [1.29, 1.82) is 0 Å². The van der Waals surface area contributed by atoms with E-state index in [4.69, 9.17) is 4.74 Å². The summed E-state index contributed by atoms with van der Waals surface area (Å²) >= 11 is 0. The van der Waals surface area contributed by atoms with E-state index in [1.54, 1.807) is 31.3 Å². The number of benzene rings is 2. The number of ketones is 1. The van der Waals surface area contributed by atoms with Crippen LogP contribution in [0.2, 0.25) is 0 Å². The maximum atomic E-state index is 14.6. The minimum Gasteiger partial charge on any atom is -0.481 e. The van der Waals surface area contributed by atoms with E-state index in [0.717, 1.165) is 27.9 Å². The number of Topliss-reactive ketones (excluding diaryl/α,β-unsaturated/α-hetero) is 1. The van der Waals surface area contributed by atoms with Gasteiger partial charge in [-0.25, -0.2) is 9.37 Å². The second-order valence-electron chi connectivity index (χ2n) is 9.64. The molecule has 0 N–H and O–H groups in total. The SMILES string of the molecule is COc1ccc2c(n1)CC(=O)Cc1c-2cccc1N(C)/N=C\c1cc(C(C)(C)C)cc(F)c1C=O. The number of carbonyl (C=O) groups excluding carboxylic acids is 2. The summed E-state index contributed by atoms with van der Waals surface area (Å²) in [4.78, 5) is 28.9. The molecule has 0 fully saturated rings. The first-order valence-electron chi connectivity index (χ1n) is 11.4. The highest BCUT2D eigenvalue weighted by molar-refractivity contribution is 5.94. The first kappa shape index (κ1) is 24.3. The normalized spacial score (nSPS) is 13.3. The lowest BCUT2D eigenvalue weighted by Gasteiger charge is -2.21. The third-order valence-electron chi connectivity index (χ3n) is 6.20. The van der Waals surface area contributed by atoms with E-state index in [-0.39, 0.29) is 29.6 Å². The minimum atomic E-state index is -0.574. The highest BCUT2D eigenvalue weighted by Gasteiger charge is 2.24. The van der Waals surface area contributed by atoms with Gasteiger partial charge in [-0.2, -0.15) is 5.10 Å². The predicted molar refractivity (Wildman–Crippen MR) is 135 cm³/mol. The zero-order valence-electron chi connectivity index (χ0n) is 20.6. The zero-order valence-corrected chi connectivity index (χ0v) is 20.6. The number of halogens is 1. The Kier molecular flexibility index (Phi) is 6.52. The summed E-state index contributed by atoms with van der Waals surface area (Å²) in [6, 6.07) is 12.6. The van der Waals surface area contributed by atoms with Gasteiger partial charge in [-0.05, 0) is 46.4 Å². The summed E-state index contributed by atoms with van der Waals surface area (Å²) in [5, 5.41) is 6.16. The van der Waals surface area contributed by atoms with Gasteiger partial charge in [0.25, 0.3) is 0 Å². The van der Waals surface area contributed by atoms with Gasteiger partial charge < -0.3 is 4.74 Å². The lowest BCUT2D eigenvalue weighted by atomic mass is 9.85. The molecule has 0 amide bonds. The van der Waals surface area contributed by atoms with E-state index in [2.05, 4.69) is 10.1 Å². The van der Waals surface area contributed by atoms with E-state index in [9.17, 15) is 14.0 Å². The van der Waals surface area contributed by atoms with E-state index < -0.39 is 5.82 Å². The molecule has 35 heavy (non-hydrogen) atoms. The van der Waals surface area contributed by atoms with Crippen LogP contribution < -0.4 is 9.75 Å². The molecule has 0 aliphatic heterocycles. The maximum Gasteiger partial charge on any atom is 0.213 e. The van der Waals surface area contributed by atoms with Crippen LogP contribution in [0.15, 0.2) is 47.6 Å². The number of carbonyl (C=O) groups is 2. The Hall–Kier alpha value is -3.87. The average molecular weight is 474 g/mol. The summed E-state index contributed by atoms with van der Waals surface area (Å²) in [6.45, 7) is 5.94. The van der Waals surface area contributed by atoms with Crippen LogP contribution in [-0.4, -0.2) is 37.4 Å². The van der Waals surface area contributed by atoms with E-state index in [0.29, 0.717) is 23.4 Å². The average Bonchev–Trinajstić information content (AvgIpc) is 2.96. The molecule has 0 radical (unpaired) electrons. The van der Waals surface area contributed by atoms with E-state index in [1.165, 1.54) is 12.3 Å². The molecule has 0 saturated heterocycles. The predicted octanol–water partition coefficient (Wildman–Crippen LogP) is 5.14. The number of hydrazone groups is 1. The number of hydrogen-bond donors (Lipinski definition) is 0. The molecular weight excluding hydrogens is 445 g/mol. The van der Waals surface area contributed by atoms with Gasteiger partial charge in [-0.15, -0.1) is 0 Å². The molecule has 1 heterocycles. The number of fused-ring (bicyclic) bond motifs is 3. The molecular formula is C28H28FN3O3. The Morgan fingerprint density at radius 1 is 1.11 bits per heavy atom. The van der Waals surface area contributed by atoms with Crippen LogP contribution in [0.4, 0.5) is 10.1 Å². The highest BCUT2D eigenvalue weighted by atomic mass is 19.1. The van der Waals surface area contributed by atoms with Crippen molar-refractivity contribution >= 4 is 24.0 Å². The number of aromatic nitrogens is 1. The van der Waals surface area contributed by atoms with Crippen LogP contribution in [0.5, 0.6) is 5.88 Å². The van der Waals surface area contributed by atoms with Crippen LogP contribution in [-0.2, 0) is 23.1 Å². The number of aldehydes is 1. The molecule has 3 aromatic rings. The lowest BCUT2D eigenvalue weighted by molar-refractivity contribution is -0.117. The fourth-order valence-corrected chi connectivity index (χ4v) is 4.25. The van der Waals surface area contributed by atoms with Gasteiger partial charge in [0, 0.05) is 37.1 Å². The van der Waals surface area contributed by atoms with Gasteiger partial charge in [0.15, 0.2) is 6.29 Å². The number of nitrogens with zero attached hydrogens (tertiary/aromatic N) is 3. The molecule has 0 unspecified atom stereocenters. The fourth-order valence-electron chi connectivity index (χ4n) is 4.25. The summed E-state index contributed by atoms with van der Waals surface area (Å²) in [5.41, 5.74) is 4.90. The van der Waals surface area contributed by atoms with Gasteiger partial charge in [0.2, 0.25) is 5.88 Å². The van der Waals surface area contributed by atoms with Crippen LogP contribution in [0.25, 0.3) is 11.1 Å². The molecule has 180 valence electrons. The standard InChI is InChI=1S/C28H28FN3O3/c1-28(2,3)18-11-17(23(16-33)24(29)12-18)15-30-32(4)26-8-6-7-20-21-9-10-27(35-5)31-25(21)14-19(34)13-22(20)26/h6-12,15-16H,13-14H2,1-5H3/b30-15-. The molecule has 6 nitrogen and oxygen atoms in total. The number of pyridine rings is 1. The Morgan fingerprint density at radius 3 is 2.57 bits per heavy atom. The Bertz CT molecular complexity index is 1340. The van der Waals surface area contributed by atoms with Crippen molar-refractivity contribution in [3.63, 3.8) is 0 Å². The Balaban J connectivity index is 1.76. The molecule has 7 heteroatoms. The number of hydrogen-bond acceptors (Lipinski definition) is 6. The minimum absolute atomic E-state index is 0.0360. The van der Waals surface area contributed by atoms with Crippen molar-refractivity contribution in [3.05, 3.63) is 76.2 Å². The molecule has 4 rings (SSSR count). The van der Waals surface area contributed by atoms with Crippen LogP contribution in [0.1, 0.15) is 53.5 Å². The maximum absolute atomic E-state index is 14.6. The highest BCUT2D eigenvalue weighted by Crippen LogP contribution is 2.37. The van der Waals surface area contributed by atoms with E-state index >= 15 is 0 Å². The molecule has 0 spiro atoms. The molecule has 0 bridgehead atoms. The van der Waals surface area contributed by atoms with E-state index in [1.807, 2.05) is 45.0 Å². The molecule has 2 aromatic carbocycles. The molecule has 1 aliphatic carbocycles. The Morgan fingerprint density at radius 2 is 1.89 bits per heavy atom. The smallest absolute Gasteiger partial charge is 0.213 e. The third kappa shape index (κ3) is 4.85. The van der Waals surface area contributed by atoms with Gasteiger partial charge in [-0.1, -0.05) is 32.9 Å². The topological polar surface area (TPSA) is 71.9 Å². The van der Waals surface area contributed by atoms with Crippen LogP contribution in [0.3, 0.4) is 0 Å². The number of anilines is 1. The second-order valence-corrected chi connectivity index (χ2v) is 9.64. The van der Waals surface area contributed by atoms with Gasteiger partial charge in [-0.3, -0.25) is 14.6 Å². The van der Waals surface area contributed by atoms with Crippen molar-refractivity contribution in [2.75, 3.05) is 19.2 Å². The Labute approximate surface area is 204 Å². The van der Waals surface area contributed by atoms with Crippen molar-refractivity contribution in [2.24, 2.45) is 5.10 Å². The van der Waals surface area contributed by atoms with Gasteiger partial charge in [0.1, 0.15) is 11.6 Å². The molecule has 1 aromatic heterocycles. The van der Waals surface area contributed by atoms with Crippen molar-refractivity contribution in [1.82, 2.24) is 4.98 Å². The molecule has 1 aliphatic rings. The first-order valence-corrected chi connectivity index (χ1v) is 11.4. The fraction of sp³-hybridized carbons (Fsp3) is 0.286. The number of ether oxygens (including phenoxy) is 1. The van der Waals surface area contributed by atoms with Gasteiger partial charge >= 0.3 is 0 Å². The number of methoxy groups -OCH3 is 1. The summed E-state index contributed by atoms with van der Waals surface area (Å²) < 4.78 is 19.9. The van der Waals surface area contributed by atoms with Crippen molar-refractivity contribution in [3.8, 4) is 17.0 Å². The van der Waals surface area contributed by atoms with Crippen LogP contribution in [0, 0.1) is 5.82 Å². The lowest BCUT2D eigenvalue weighted by Crippen LogP contribution is -2.15. The first-order chi connectivity index (χ1) is 16.6. The number of rotatable bonds is 5. The molecule has 0 atom stereocenters. The van der Waals surface area contributed by atoms with Crippen LogP contribution >= 0.6 is 0 Å².